The smallest absolute Gasteiger partial charge is 0.344 e. The van der Waals surface area contributed by atoms with Crippen molar-refractivity contribution in [3.05, 3.63) is 40.8 Å². The van der Waals surface area contributed by atoms with Crippen molar-refractivity contribution in [3.63, 3.8) is 0 Å². The van der Waals surface area contributed by atoms with Crippen LogP contribution in [0, 0.1) is 0 Å². The minimum absolute atomic E-state index is 0.0473. The Morgan fingerprint density at radius 3 is 1.97 bits per heavy atom. The highest BCUT2D eigenvalue weighted by atomic mass is 16.6. The van der Waals surface area contributed by atoms with Crippen LogP contribution in [0.3, 0.4) is 0 Å². The maximum Gasteiger partial charge on any atom is 0.344 e. The predicted molar refractivity (Wildman–Crippen MR) is 105 cm³/mol. The van der Waals surface area contributed by atoms with E-state index in [1.54, 1.807) is 30.3 Å². The van der Waals surface area contributed by atoms with Gasteiger partial charge in [-0.15, -0.1) is 0 Å². The second kappa shape index (κ2) is 8.14. The van der Waals surface area contributed by atoms with E-state index in [-0.39, 0.29) is 22.6 Å². The lowest BCUT2D eigenvalue weighted by Gasteiger charge is -2.14. The standard InChI is InChI=1S/C21H20O8/c1-11(22)28-20-15(24-2)7-6-12-8-14(21(23)29-18(12)20)13-9-16(25-3)19(27-5)17(10-13)26-4/h6-10H,1-5H3. The van der Waals surface area contributed by atoms with Gasteiger partial charge < -0.3 is 28.1 Å². The van der Waals surface area contributed by atoms with E-state index in [0.29, 0.717) is 28.2 Å². The van der Waals surface area contributed by atoms with Crippen LogP contribution >= 0.6 is 0 Å². The molecule has 1 aromatic heterocycles. The summed E-state index contributed by atoms with van der Waals surface area (Å²) in [6, 6.07) is 8.26. The van der Waals surface area contributed by atoms with Crippen LogP contribution in [0.4, 0.5) is 0 Å². The molecule has 0 amide bonds. The third kappa shape index (κ3) is 3.69. The SMILES string of the molecule is COc1cc(-c2cc3ccc(OC)c(OC(C)=O)c3oc2=O)cc(OC)c1OC. The van der Waals surface area contributed by atoms with Gasteiger partial charge in [0, 0.05) is 12.3 Å². The minimum atomic E-state index is -0.631. The number of hydrogen-bond donors (Lipinski definition) is 0. The van der Waals surface area contributed by atoms with Gasteiger partial charge in [-0.25, -0.2) is 4.79 Å². The quantitative estimate of drug-likeness (QED) is 0.353. The number of benzene rings is 2. The Labute approximate surface area is 166 Å². The summed E-state index contributed by atoms with van der Waals surface area (Å²) in [5.41, 5.74) is 0.268. The normalized spacial score (nSPS) is 10.5. The number of rotatable bonds is 6. The Morgan fingerprint density at radius 1 is 0.828 bits per heavy atom. The molecule has 29 heavy (non-hydrogen) atoms. The van der Waals surface area contributed by atoms with Crippen molar-refractivity contribution in [2.24, 2.45) is 0 Å². The van der Waals surface area contributed by atoms with Crippen LogP contribution in [0.2, 0.25) is 0 Å². The van der Waals surface area contributed by atoms with Crippen molar-refractivity contribution < 1.29 is 32.9 Å². The van der Waals surface area contributed by atoms with Gasteiger partial charge >= 0.3 is 11.6 Å². The molecule has 0 aliphatic carbocycles. The highest BCUT2D eigenvalue weighted by molar-refractivity contribution is 5.90. The van der Waals surface area contributed by atoms with Gasteiger partial charge in [0.15, 0.2) is 22.8 Å². The van der Waals surface area contributed by atoms with E-state index in [9.17, 15) is 9.59 Å². The van der Waals surface area contributed by atoms with Gasteiger partial charge in [-0.2, -0.15) is 0 Å². The van der Waals surface area contributed by atoms with Crippen LogP contribution in [0.1, 0.15) is 6.92 Å². The van der Waals surface area contributed by atoms with E-state index in [2.05, 4.69) is 0 Å². The van der Waals surface area contributed by atoms with Crippen molar-refractivity contribution in [2.75, 3.05) is 28.4 Å². The first kappa shape index (κ1) is 20.1. The molecule has 152 valence electrons. The molecule has 0 N–H and O–H groups in total. The fourth-order valence-electron chi connectivity index (χ4n) is 2.98. The van der Waals surface area contributed by atoms with Crippen LogP contribution in [0.15, 0.2) is 39.5 Å². The average Bonchev–Trinajstić information content (AvgIpc) is 2.72. The molecule has 1 heterocycles. The number of carbonyl (C=O) groups excluding carboxylic acids is 1. The van der Waals surface area contributed by atoms with E-state index in [4.69, 9.17) is 28.1 Å². The molecule has 8 nitrogen and oxygen atoms in total. The molecule has 0 fully saturated rings. The number of fused-ring (bicyclic) bond motifs is 1. The Morgan fingerprint density at radius 2 is 1.45 bits per heavy atom. The zero-order valence-corrected chi connectivity index (χ0v) is 16.7. The summed E-state index contributed by atoms with van der Waals surface area (Å²) >= 11 is 0. The van der Waals surface area contributed by atoms with E-state index in [1.807, 2.05) is 0 Å². The molecule has 0 saturated carbocycles. The summed E-state index contributed by atoms with van der Waals surface area (Å²) in [7, 11) is 5.90. The largest absolute Gasteiger partial charge is 0.493 e. The monoisotopic (exact) mass is 400 g/mol. The molecule has 3 rings (SSSR count). The highest BCUT2D eigenvalue weighted by Crippen LogP contribution is 2.42. The van der Waals surface area contributed by atoms with Crippen molar-refractivity contribution >= 4 is 16.9 Å². The molecule has 0 saturated heterocycles. The number of ether oxygens (including phenoxy) is 5. The van der Waals surface area contributed by atoms with Crippen LogP contribution in [0.5, 0.6) is 28.7 Å². The molecule has 0 aliphatic heterocycles. The summed E-state index contributed by atoms with van der Waals surface area (Å²) in [6.45, 7) is 1.25. The fourth-order valence-corrected chi connectivity index (χ4v) is 2.98. The summed E-state index contributed by atoms with van der Waals surface area (Å²) in [5.74, 6) is 0.966. The first-order valence-corrected chi connectivity index (χ1v) is 8.57. The van der Waals surface area contributed by atoms with Crippen LogP contribution in [-0.4, -0.2) is 34.4 Å². The lowest BCUT2D eigenvalue weighted by molar-refractivity contribution is -0.131. The molecule has 0 unspecified atom stereocenters. The second-order valence-electron chi connectivity index (χ2n) is 5.97. The zero-order valence-electron chi connectivity index (χ0n) is 16.7. The second-order valence-corrected chi connectivity index (χ2v) is 5.97. The third-order valence-electron chi connectivity index (χ3n) is 4.26. The van der Waals surface area contributed by atoms with Gasteiger partial charge in [-0.3, -0.25) is 4.79 Å². The summed E-state index contributed by atoms with van der Waals surface area (Å²) < 4.78 is 31.9. The van der Waals surface area contributed by atoms with E-state index in [1.165, 1.54) is 35.4 Å². The molecule has 0 bridgehead atoms. The average molecular weight is 400 g/mol. The van der Waals surface area contributed by atoms with Crippen molar-refractivity contribution in [1.82, 2.24) is 0 Å². The first-order chi connectivity index (χ1) is 13.9. The third-order valence-corrected chi connectivity index (χ3v) is 4.26. The lowest BCUT2D eigenvalue weighted by atomic mass is 10.0. The van der Waals surface area contributed by atoms with Crippen LogP contribution in [-0.2, 0) is 4.79 Å². The van der Waals surface area contributed by atoms with Gasteiger partial charge in [0.25, 0.3) is 0 Å². The molecule has 0 atom stereocenters. The minimum Gasteiger partial charge on any atom is -0.493 e. The Bertz CT molecular complexity index is 1100. The fraction of sp³-hybridized carbons (Fsp3) is 0.238. The maximum absolute atomic E-state index is 12.8. The van der Waals surface area contributed by atoms with Crippen LogP contribution in [0.25, 0.3) is 22.1 Å². The molecule has 0 spiro atoms. The topological polar surface area (TPSA) is 93.4 Å². The Hall–Kier alpha value is -3.68. The Kier molecular flexibility index (Phi) is 5.63. The molecule has 3 aromatic rings. The lowest BCUT2D eigenvalue weighted by Crippen LogP contribution is -2.07. The zero-order chi connectivity index (χ0) is 21.1. The maximum atomic E-state index is 12.8. The molecular formula is C21H20O8. The summed E-state index contributed by atoms with van der Waals surface area (Å²) in [6.07, 6.45) is 0. The number of carbonyl (C=O) groups is 1. The van der Waals surface area contributed by atoms with Gasteiger partial charge in [0.2, 0.25) is 11.5 Å². The number of methoxy groups -OCH3 is 4. The van der Waals surface area contributed by atoms with E-state index in [0.717, 1.165) is 0 Å². The number of esters is 1. The summed E-state index contributed by atoms with van der Waals surface area (Å²) in [4.78, 5) is 24.2. The van der Waals surface area contributed by atoms with Gasteiger partial charge in [0.05, 0.1) is 34.0 Å². The molecule has 2 aromatic carbocycles. The van der Waals surface area contributed by atoms with Gasteiger partial charge in [0.1, 0.15) is 0 Å². The van der Waals surface area contributed by atoms with E-state index < -0.39 is 11.6 Å². The summed E-state index contributed by atoms with van der Waals surface area (Å²) in [5, 5.41) is 0.547. The molecular weight excluding hydrogens is 380 g/mol. The highest BCUT2D eigenvalue weighted by Gasteiger charge is 2.20. The van der Waals surface area contributed by atoms with Crippen molar-refractivity contribution in [2.45, 2.75) is 6.92 Å². The molecule has 0 radical (unpaired) electrons. The van der Waals surface area contributed by atoms with Gasteiger partial charge in [-0.05, 0) is 35.9 Å². The van der Waals surface area contributed by atoms with Crippen LogP contribution < -0.4 is 29.3 Å². The number of hydrogen-bond acceptors (Lipinski definition) is 8. The first-order valence-electron chi connectivity index (χ1n) is 8.57. The van der Waals surface area contributed by atoms with E-state index >= 15 is 0 Å². The Balaban J connectivity index is 2.26. The predicted octanol–water partition coefficient (Wildman–Crippen LogP) is 3.42. The van der Waals surface area contributed by atoms with Crippen molar-refractivity contribution in [1.29, 1.82) is 0 Å². The van der Waals surface area contributed by atoms with Crippen molar-refractivity contribution in [3.8, 4) is 39.9 Å². The molecule has 8 heteroatoms. The van der Waals surface area contributed by atoms with Gasteiger partial charge in [-0.1, -0.05) is 0 Å². The molecule has 0 aliphatic rings.